The summed E-state index contributed by atoms with van der Waals surface area (Å²) >= 11 is 0. The predicted octanol–water partition coefficient (Wildman–Crippen LogP) is 2.16. The molecule has 0 aromatic rings. The number of ether oxygens (including phenoxy) is 1. The van der Waals surface area contributed by atoms with Crippen LogP contribution in [-0.2, 0) is 4.74 Å². The van der Waals surface area contributed by atoms with Gasteiger partial charge in [0.2, 0.25) is 0 Å². The molecule has 3 aliphatic heterocycles. The lowest BCUT2D eigenvalue weighted by molar-refractivity contribution is -0.185. The molecule has 4 rings (SSSR count). The molecule has 1 N–H and O–H groups in total. The topological polar surface area (TPSA) is 45.7 Å². The molecule has 0 aromatic carbocycles. The van der Waals surface area contributed by atoms with Crippen molar-refractivity contribution in [3.63, 3.8) is 0 Å². The van der Waals surface area contributed by atoms with Crippen LogP contribution in [0.3, 0.4) is 0 Å². The predicted molar refractivity (Wildman–Crippen MR) is 102 cm³/mol. The van der Waals surface area contributed by atoms with Crippen molar-refractivity contribution in [1.82, 2.24) is 19.6 Å². The Hall–Kier alpha value is -0.450. The second-order valence-electron chi connectivity index (χ2n) is 9.92. The van der Waals surface area contributed by atoms with Crippen LogP contribution in [0.5, 0.6) is 0 Å². The average molecular weight is 421 g/mol. The summed E-state index contributed by atoms with van der Waals surface area (Å²) in [5, 5.41) is 11.4. The van der Waals surface area contributed by atoms with Gasteiger partial charge in [0.15, 0.2) is 12.5 Å². The van der Waals surface area contributed by atoms with Gasteiger partial charge in [0, 0.05) is 13.1 Å². The molecular formula is C20H35F3N4O2. The summed E-state index contributed by atoms with van der Waals surface area (Å²) in [5.74, 6) is -0.509. The highest BCUT2D eigenvalue weighted by Crippen LogP contribution is 2.43. The number of aliphatic hydroxyl groups is 1. The maximum absolute atomic E-state index is 13.0. The normalized spacial score (nSPS) is 42.7. The van der Waals surface area contributed by atoms with Crippen molar-refractivity contribution in [2.45, 2.75) is 76.6 Å². The van der Waals surface area contributed by atoms with Crippen molar-refractivity contribution in [2.24, 2.45) is 17.8 Å². The molecule has 6 nitrogen and oxygen atoms in total. The Balaban J connectivity index is 1.47. The van der Waals surface area contributed by atoms with Gasteiger partial charge in [-0.15, -0.1) is 0 Å². The molecule has 5 unspecified atom stereocenters. The van der Waals surface area contributed by atoms with Gasteiger partial charge < -0.3 is 9.84 Å². The molecule has 1 saturated carbocycles. The molecule has 3 saturated heterocycles. The highest BCUT2D eigenvalue weighted by atomic mass is 19.4. The molecule has 1 aliphatic carbocycles. The summed E-state index contributed by atoms with van der Waals surface area (Å²) in [6.45, 7) is 6.65. The molecule has 29 heavy (non-hydrogen) atoms. The van der Waals surface area contributed by atoms with E-state index in [4.69, 9.17) is 4.74 Å². The van der Waals surface area contributed by atoms with Crippen molar-refractivity contribution in [2.75, 3.05) is 33.9 Å². The molecule has 4 fully saturated rings. The van der Waals surface area contributed by atoms with E-state index in [2.05, 4.69) is 35.6 Å². The van der Waals surface area contributed by atoms with E-state index in [1.807, 2.05) is 11.9 Å². The van der Waals surface area contributed by atoms with Gasteiger partial charge in [-0.05, 0) is 51.6 Å². The lowest BCUT2D eigenvalue weighted by Gasteiger charge is -2.39. The number of halogens is 3. The van der Waals surface area contributed by atoms with Crippen molar-refractivity contribution < 1.29 is 23.0 Å². The minimum absolute atomic E-state index is 0.0599. The Labute approximate surface area is 171 Å². The second kappa shape index (κ2) is 7.91. The molecule has 3 heterocycles. The van der Waals surface area contributed by atoms with Crippen LogP contribution >= 0.6 is 0 Å². The number of hydrogen-bond donors (Lipinski definition) is 1. The van der Waals surface area contributed by atoms with Gasteiger partial charge in [0.05, 0.1) is 24.8 Å². The Kier molecular flexibility index (Phi) is 5.94. The van der Waals surface area contributed by atoms with Crippen molar-refractivity contribution in [3.05, 3.63) is 0 Å². The van der Waals surface area contributed by atoms with Crippen LogP contribution in [0.4, 0.5) is 13.2 Å². The summed E-state index contributed by atoms with van der Waals surface area (Å²) in [6, 6.07) is -0.0599. The molecule has 0 aromatic heterocycles. The fraction of sp³-hybridized carbons (Fsp3) is 1.00. The summed E-state index contributed by atoms with van der Waals surface area (Å²) in [4.78, 5) is 8.83. The maximum Gasteiger partial charge on any atom is 0.391 e. The van der Waals surface area contributed by atoms with E-state index in [0.717, 1.165) is 13.2 Å². The van der Waals surface area contributed by atoms with Crippen LogP contribution in [0.25, 0.3) is 0 Å². The molecular weight excluding hydrogens is 385 g/mol. The third-order valence-corrected chi connectivity index (χ3v) is 7.20. The standard InChI is InChI=1S/C20H35F3N4O2/c1-12(2)9-26-11-24(3)16-15(26)17(28)27(19-18(29-19)25(16)4)10-13-5-7-14(8-6-13)20(21,22)23/h12-19,28H,5-11H2,1-4H3. The zero-order chi connectivity index (χ0) is 21.1. The number of epoxide rings is 1. The van der Waals surface area contributed by atoms with E-state index < -0.39 is 18.3 Å². The number of rotatable bonds is 4. The summed E-state index contributed by atoms with van der Waals surface area (Å²) in [5.41, 5.74) is 0. The minimum Gasteiger partial charge on any atom is -0.377 e. The largest absolute Gasteiger partial charge is 0.391 e. The first kappa shape index (κ1) is 21.8. The second-order valence-corrected chi connectivity index (χ2v) is 9.92. The first-order valence-electron chi connectivity index (χ1n) is 10.9. The lowest BCUT2D eigenvalue weighted by Crippen LogP contribution is -2.57. The SMILES string of the molecule is CC(C)CN1CN(C)C2C1C(O)N(CC1CCC(C(F)(F)F)CC1)C1OC1N2C. The van der Waals surface area contributed by atoms with Crippen molar-refractivity contribution in [1.29, 1.82) is 0 Å². The molecule has 5 atom stereocenters. The fourth-order valence-electron chi connectivity index (χ4n) is 5.77. The van der Waals surface area contributed by atoms with E-state index in [-0.39, 0.29) is 43.4 Å². The molecule has 0 radical (unpaired) electrons. The van der Waals surface area contributed by atoms with Crippen molar-refractivity contribution >= 4 is 0 Å². The monoisotopic (exact) mass is 420 g/mol. The number of aliphatic hydroxyl groups excluding tert-OH is 1. The molecule has 9 heteroatoms. The number of nitrogens with zero attached hydrogens (tertiary/aromatic N) is 4. The van der Waals surface area contributed by atoms with E-state index in [0.29, 0.717) is 25.3 Å². The Bertz CT molecular complexity index is 585. The van der Waals surface area contributed by atoms with E-state index >= 15 is 0 Å². The quantitative estimate of drug-likeness (QED) is 0.704. The van der Waals surface area contributed by atoms with E-state index in [9.17, 15) is 18.3 Å². The highest BCUT2D eigenvalue weighted by molar-refractivity contribution is 5.04. The van der Waals surface area contributed by atoms with Crippen LogP contribution in [0.1, 0.15) is 39.5 Å². The zero-order valence-corrected chi connectivity index (χ0v) is 17.8. The zero-order valence-electron chi connectivity index (χ0n) is 17.8. The first-order valence-corrected chi connectivity index (χ1v) is 10.9. The fourth-order valence-corrected chi connectivity index (χ4v) is 5.77. The third kappa shape index (κ3) is 4.19. The molecule has 0 amide bonds. The number of likely N-dealkylation sites (N-methyl/N-ethyl adjacent to an activating group) is 2. The Morgan fingerprint density at radius 1 is 1.07 bits per heavy atom. The van der Waals surface area contributed by atoms with E-state index in [1.165, 1.54) is 0 Å². The average Bonchev–Trinajstić information content (AvgIpc) is 3.36. The van der Waals surface area contributed by atoms with Gasteiger partial charge in [-0.25, -0.2) is 4.90 Å². The maximum atomic E-state index is 13.0. The molecule has 168 valence electrons. The smallest absolute Gasteiger partial charge is 0.377 e. The minimum atomic E-state index is -4.08. The van der Waals surface area contributed by atoms with Gasteiger partial charge in [0.1, 0.15) is 6.23 Å². The van der Waals surface area contributed by atoms with Gasteiger partial charge in [-0.1, -0.05) is 13.8 Å². The van der Waals surface area contributed by atoms with Gasteiger partial charge in [-0.3, -0.25) is 14.7 Å². The third-order valence-electron chi connectivity index (χ3n) is 7.20. The van der Waals surface area contributed by atoms with Crippen LogP contribution in [-0.4, -0.2) is 95.6 Å². The van der Waals surface area contributed by atoms with Crippen LogP contribution < -0.4 is 0 Å². The highest BCUT2D eigenvalue weighted by Gasteiger charge is 2.60. The number of alkyl halides is 3. The molecule has 0 spiro atoms. The van der Waals surface area contributed by atoms with Gasteiger partial charge in [-0.2, -0.15) is 13.2 Å². The Morgan fingerprint density at radius 3 is 2.31 bits per heavy atom. The Morgan fingerprint density at radius 2 is 1.72 bits per heavy atom. The van der Waals surface area contributed by atoms with Crippen LogP contribution in [0.15, 0.2) is 0 Å². The summed E-state index contributed by atoms with van der Waals surface area (Å²) in [7, 11) is 4.12. The van der Waals surface area contributed by atoms with Gasteiger partial charge in [0.25, 0.3) is 0 Å². The van der Waals surface area contributed by atoms with Crippen LogP contribution in [0, 0.1) is 17.8 Å². The van der Waals surface area contributed by atoms with Gasteiger partial charge >= 0.3 is 6.18 Å². The molecule has 0 bridgehead atoms. The number of hydrogen-bond acceptors (Lipinski definition) is 6. The lowest BCUT2D eigenvalue weighted by atomic mass is 9.81. The van der Waals surface area contributed by atoms with Crippen LogP contribution in [0.2, 0.25) is 0 Å². The van der Waals surface area contributed by atoms with Crippen molar-refractivity contribution in [3.8, 4) is 0 Å². The molecule has 4 aliphatic rings. The van der Waals surface area contributed by atoms with E-state index in [1.54, 1.807) is 0 Å². The first-order chi connectivity index (χ1) is 13.6. The summed E-state index contributed by atoms with van der Waals surface area (Å²) < 4.78 is 44.9. The summed E-state index contributed by atoms with van der Waals surface area (Å²) in [6.07, 6.45) is -3.44. The number of fused-ring (bicyclic) bond motifs is 2.